The van der Waals surface area contributed by atoms with E-state index in [-0.39, 0.29) is 6.10 Å². The maximum absolute atomic E-state index is 10.6. The lowest BCUT2D eigenvalue weighted by Gasteiger charge is -2.18. The van der Waals surface area contributed by atoms with Crippen LogP contribution in [0, 0.1) is 0 Å². The molecule has 0 bridgehead atoms. The molecule has 1 aromatic rings. The van der Waals surface area contributed by atoms with Crippen molar-refractivity contribution in [2.75, 3.05) is 6.61 Å². The lowest BCUT2D eigenvalue weighted by molar-refractivity contribution is -0.131. The zero-order valence-electron chi connectivity index (χ0n) is 11.4. The molecule has 0 aliphatic rings. The molecule has 1 aromatic carbocycles. The Morgan fingerprint density at radius 3 is 2.55 bits per heavy atom. The van der Waals surface area contributed by atoms with E-state index < -0.39 is 5.97 Å². The van der Waals surface area contributed by atoms with Crippen LogP contribution >= 0.6 is 31.9 Å². The molecule has 0 aromatic heterocycles. The molecule has 0 saturated heterocycles. The van der Waals surface area contributed by atoms with E-state index in [1.165, 1.54) is 6.08 Å². The first-order valence-corrected chi connectivity index (χ1v) is 7.67. The number of halogens is 2. The van der Waals surface area contributed by atoms with E-state index in [1.807, 2.05) is 20.8 Å². The van der Waals surface area contributed by atoms with Gasteiger partial charge >= 0.3 is 5.97 Å². The minimum absolute atomic E-state index is 0.00202. The minimum Gasteiger partial charge on any atom is -0.490 e. The monoisotopic (exact) mass is 406 g/mol. The third-order valence-electron chi connectivity index (χ3n) is 2.21. The van der Waals surface area contributed by atoms with Gasteiger partial charge in [-0.25, -0.2) is 4.79 Å². The standard InChI is InChI=1S/C14H16Br2O4/c1-4-19-10-7-9(5-6-11(17)18)12(15)13(16)14(10)20-8(2)3/h5-8H,4H2,1-3H3,(H,17,18). The predicted octanol–water partition coefficient (Wildman–Crippen LogP) is 4.50. The van der Waals surface area contributed by atoms with Crippen molar-refractivity contribution in [1.82, 2.24) is 0 Å². The fourth-order valence-electron chi connectivity index (χ4n) is 1.50. The Balaban J connectivity index is 3.33. The summed E-state index contributed by atoms with van der Waals surface area (Å²) in [4.78, 5) is 10.6. The number of benzene rings is 1. The maximum atomic E-state index is 10.6. The molecule has 0 amide bonds. The number of carboxylic acids is 1. The SMILES string of the molecule is CCOc1cc(C=CC(=O)O)c(Br)c(Br)c1OC(C)C. The van der Waals surface area contributed by atoms with E-state index >= 15 is 0 Å². The fraction of sp³-hybridized carbons (Fsp3) is 0.357. The van der Waals surface area contributed by atoms with Gasteiger partial charge in [0.15, 0.2) is 11.5 Å². The first kappa shape index (κ1) is 17.0. The molecule has 0 fully saturated rings. The van der Waals surface area contributed by atoms with E-state index in [9.17, 15) is 4.79 Å². The highest BCUT2D eigenvalue weighted by molar-refractivity contribution is 9.13. The first-order chi connectivity index (χ1) is 9.36. The smallest absolute Gasteiger partial charge is 0.328 e. The summed E-state index contributed by atoms with van der Waals surface area (Å²) in [5, 5.41) is 8.71. The van der Waals surface area contributed by atoms with Gasteiger partial charge in [0.2, 0.25) is 0 Å². The molecular weight excluding hydrogens is 392 g/mol. The number of aliphatic carboxylic acids is 1. The molecule has 0 saturated carbocycles. The van der Waals surface area contributed by atoms with Crippen LogP contribution in [0.5, 0.6) is 11.5 Å². The number of carbonyl (C=O) groups is 1. The molecule has 110 valence electrons. The molecule has 0 unspecified atom stereocenters. The average Bonchev–Trinajstić information content (AvgIpc) is 2.36. The molecule has 0 atom stereocenters. The molecule has 6 heteroatoms. The molecule has 0 aliphatic heterocycles. The minimum atomic E-state index is -1.01. The van der Waals surface area contributed by atoms with Crippen LogP contribution in [0.4, 0.5) is 0 Å². The Bertz CT molecular complexity index is 524. The number of hydrogen-bond acceptors (Lipinski definition) is 3. The second-order valence-electron chi connectivity index (χ2n) is 4.19. The van der Waals surface area contributed by atoms with Crippen molar-refractivity contribution in [3.63, 3.8) is 0 Å². The van der Waals surface area contributed by atoms with E-state index in [1.54, 1.807) is 6.07 Å². The van der Waals surface area contributed by atoms with Crippen molar-refractivity contribution < 1.29 is 19.4 Å². The first-order valence-electron chi connectivity index (χ1n) is 6.09. The third-order valence-corrected chi connectivity index (χ3v) is 4.36. The molecule has 0 aliphatic carbocycles. The lowest BCUT2D eigenvalue weighted by atomic mass is 10.2. The summed E-state index contributed by atoms with van der Waals surface area (Å²) >= 11 is 6.88. The zero-order chi connectivity index (χ0) is 15.3. The van der Waals surface area contributed by atoms with Gasteiger partial charge in [0.25, 0.3) is 0 Å². The summed E-state index contributed by atoms with van der Waals surface area (Å²) in [5.41, 5.74) is 0.693. The topological polar surface area (TPSA) is 55.8 Å². The molecule has 0 radical (unpaired) electrons. The summed E-state index contributed by atoms with van der Waals surface area (Å²) in [7, 11) is 0. The number of hydrogen-bond donors (Lipinski definition) is 1. The Kier molecular flexibility index (Phi) is 6.55. The zero-order valence-corrected chi connectivity index (χ0v) is 14.6. The van der Waals surface area contributed by atoms with Crippen LogP contribution in [0.2, 0.25) is 0 Å². The summed E-state index contributed by atoms with van der Waals surface area (Å²) in [6, 6.07) is 1.75. The van der Waals surface area contributed by atoms with Crippen LogP contribution in [0.3, 0.4) is 0 Å². The van der Waals surface area contributed by atoms with Crippen LogP contribution in [0.1, 0.15) is 26.3 Å². The maximum Gasteiger partial charge on any atom is 0.328 e. The summed E-state index contributed by atoms with van der Waals surface area (Å²) in [6.07, 6.45) is 2.57. The third kappa shape index (κ3) is 4.52. The van der Waals surface area contributed by atoms with E-state index in [2.05, 4.69) is 31.9 Å². The van der Waals surface area contributed by atoms with Crippen LogP contribution in [0.25, 0.3) is 6.08 Å². The molecule has 0 heterocycles. The highest BCUT2D eigenvalue weighted by Crippen LogP contribution is 2.43. The second-order valence-corrected chi connectivity index (χ2v) is 5.78. The van der Waals surface area contributed by atoms with Gasteiger partial charge in [-0.05, 0) is 70.3 Å². The van der Waals surface area contributed by atoms with Crippen molar-refractivity contribution >= 4 is 43.9 Å². The average molecular weight is 408 g/mol. The van der Waals surface area contributed by atoms with Crippen molar-refractivity contribution in [3.05, 3.63) is 26.7 Å². The van der Waals surface area contributed by atoms with Crippen LogP contribution in [-0.4, -0.2) is 23.8 Å². The van der Waals surface area contributed by atoms with Crippen LogP contribution < -0.4 is 9.47 Å². The Morgan fingerprint density at radius 1 is 1.40 bits per heavy atom. The highest BCUT2D eigenvalue weighted by Gasteiger charge is 2.17. The van der Waals surface area contributed by atoms with Gasteiger partial charge in [0.1, 0.15) is 0 Å². The molecule has 1 N–H and O–H groups in total. The van der Waals surface area contributed by atoms with Crippen molar-refractivity contribution in [2.45, 2.75) is 26.9 Å². The van der Waals surface area contributed by atoms with Gasteiger partial charge < -0.3 is 14.6 Å². The van der Waals surface area contributed by atoms with Crippen molar-refractivity contribution in [3.8, 4) is 11.5 Å². The van der Waals surface area contributed by atoms with Gasteiger partial charge in [-0.3, -0.25) is 0 Å². The largest absolute Gasteiger partial charge is 0.490 e. The second kappa shape index (κ2) is 7.69. The normalized spacial score (nSPS) is 11.1. The molecule has 0 spiro atoms. The highest BCUT2D eigenvalue weighted by atomic mass is 79.9. The molecule has 1 rings (SSSR count). The van der Waals surface area contributed by atoms with Gasteiger partial charge in [-0.1, -0.05) is 0 Å². The Morgan fingerprint density at radius 2 is 2.05 bits per heavy atom. The van der Waals surface area contributed by atoms with Gasteiger partial charge in [-0.15, -0.1) is 0 Å². The van der Waals surface area contributed by atoms with Crippen molar-refractivity contribution in [1.29, 1.82) is 0 Å². The number of carboxylic acid groups (broad SMARTS) is 1. The van der Waals surface area contributed by atoms with Gasteiger partial charge in [0.05, 0.1) is 17.2 Å². The predicted molar refractivity (Wildman–Crippen MR) is 85.4 cm³/mol. The summed E-state index contributed by atoms with van der Waals surface area (Å²) in [5.74, 6) is 0.163. The van der Waals surface area contributed by atoms with Crippen LogP contribution in [0.15, 0.2) is 21.1 Å². The summed E-state index contributed by atoms with van der Waals surface area (Å²) in [6.45, 7) is 6.22. The molecular formula is C14H16Br2O4. The number of rotatable bonds is 6. The van der Waals surface area contributed by atoms with Crippen molar-refractivity contribution in [2.24, 2.45) is 0 Å². The molecule has 20 heavy (non-hydrogen) atoms. The Labute approximate surface area is 135 Å². The van der Waals surface area contributed by atoms with E-state index in [4.69, 9.17) is 14.6 Å². The summed E-state index contributed by atoms with van der Waals surface area (Å²) < 4.78 is 12.7. The number of ether oxygens (including phenoxy) is 2. The van der Waals surface area contributed by atoms with E-state index in [0.29, 0.717) is 32.6 Å². The Hall–Kier alpha value is -1.01. The lowest BCUT2D eigenvalue weighted by Crippen LogP contribution is -2.08. The molecule has 4 nitrogen and oxygen atoms in total. The van der Waals surface area contributed by atoms with E-state index in [0.717, 1.165) is 6.08 Å². The van der Waals surface area contributed by atoms with Crippen LogP contribution in [-0.2, 0) is 4.79 Å². The fourth-order valence-corrected chi connectivity index (χ4v) is 2.44. The van der Waals surface area contributed by atoms with Gasteiger partial charge in [0, 0.05) is 10.5 Å². The quantitative estimate of drug-likeness (QED) is 0.705. The van der Waals surface area contributed by atoms with Gasteiger partial charge in [-0.2, -0.15) is 0 Å².